The second-order valence-corrected chi connectivity index (χ2v) is 14.7. The van der Waals surface area contributed by atoms with Crippen LogP contribution in [0, 0.1) is 6.92 Å². The van der Waals surface area contributed by atoms with Gasteiger partial charge in [0.15, 0.2) is 9.92 Å². The smallest absolute Gasteiger partial charge is 0.194 e. The van der Waals surface area contributed by atoms with Crippen molar-refractivity contribution < 1.29 is 14.2 Å². The number of morpholine rings is 2. The molecule has 0 unspecified atom stereocenters. The second-order valence-electron chi connectivity index (χ2n) is 13.0. The van der Waals surface area contributed by atoms with Crippen molar-refractivity contribution in [2.24, 2.45) is 0 Å². The SMILES string of the molecule is COc1ccc(CNc2ncccc2-c2cn3c(CN4CCOCC4)csc3n2)cc1.Cc1ncccc1-c1cn2c(CN3CCOCC3)csc2n1. The van der Waals surface area contributed by atoms with Gasteiger partial charge in [-0.2, -0.15) is 0 Å². The highest BCUT2D eigenvalue weighted by molar-refractivity contribution is 7.15. The molecule has 2 saturated heterocycles. The quantitative estimate of drug-likeness (QED) is 0.167. The number of hydrogen-bond donors (Lipinski definition) is 1. The van der Waals surface area contributed by atoms with Crippen LogP contribution in [0.15, 0.2) is 84.1 Å². The number of fused-ring (bicyclic) bond motifs is 2. The van der Waals surface area contributed by atoms with E-state index in [9.17, 15) is 0 Å². The predicted molar refractivity (Wildman–Crippen MR) is 210 cm³/mol. The van der Waals surface area contributed by atoms with Gasteiger partial charge in [-0.1, -0.05) is 12.1 Å². The number of thiazole rings is 2. The average molecular weight is 750 g/mol. The minimum atomic E-state index is 0.679. The lowest BCUT2D eigenvalue weighted by Gasteiger charge is -2.26. The van der Waals surface area contributed by atoms with Gasteiger partial charge < -0.3 is 19.5 Å². The number of anilines is 1. The van der Waals surface area contributed by atoms with E-state index in [4.69, 9.17) is 24.2 Å². The fourth-order valence-electron chi connectivity index (χ4n) is 6.56. The van der Waals surface area contributed by atoms with E-state index in [1.807, 2.05) is 43.6 Å². The first-order chi connectivity index (χ1) is 26.1. The maximum atomic E-state index is 5.47. The van der Waals surface area contributed by atoms with Crippen molar-refractivity contribution in [2.45, 2.75) is 26.6 Å². The number of imidazole rings is 2. The van der Waals surface area contributed by atoms with Crippen molar-refractivity contribution in [3.05, 3.63) is 107 Å². The van der Waals surface area contributed by atoms with E-state index in [1.54, 1.807) is 29.8 Å². The maximum Gasteiger partial charge on any atom is 0.194 e. The lowest BCUT2D eigenvalue weighted by molar-refractivity contribution is 0.0335. The first-order valence-electron chi connectivity index (χ1n) is 17.9. The molecule has 14 heteroatoms. The van der Waals surface area contributed by atoms with Crippen molar-refractivity contribution in [3.8, 4) is 28.3 Å². The van der Waals surface area contributed by atoms with E-state index < -0.39 is 0 Å². The third-order valence-corrected chi connectivity index (χ3v) is 11.3. The summed E-state index contributed by atoms with van der Waals surface area (Å²) in [4.78, 5) is 25.5. The van der Waals surface area contributed by atoms with Crippen LogP contribution in [0.2, 0.25) is 0 Å². The minimum absolute atomic E-state index is 0.679. The van der Waals surface area contributed by atoms with Gasteiger partial charge in [0.25, 0.3) is 0 Å². The highest BCUT2D eigenvalue weighted by Crippen LogP contribution is 2.29. The fraction of sp³-hybridized carbons (Fsp3) is 0.333. The summed E-state index contributed by atoms with van der Waals surface area (Å²) in [6, 6.07) is 16.1. The van der Waals surface area contributed by atoms with Crippen LogP contribution in [0.1, 0.15) is 22.6 Å². The van der Waals surface area contributed by atoms with E-state index in [0.29, 0.717) is 6.54 Å². The number of rotatable bonds is 10. The molecule has 0 spiro atoms. The largest absolute Gasteiger partial charge is 0.497 e. The standard InChI is InChI=1S/C23H25N5O2S.C16H18N4OS/c1-29-19-6-4-17(5-7-19)13-25-22-20(3-2-8-24-22)21-15-28-18(16-31-23(28)26-21)14-27-9-11-30-12-10-27;1-12-14(3-2-4-17-12)15-10-20-13(11-22-16(20)18-15)9-19-5-7-21-8-6-19/h2-8,15-16H,9-14H2,1H3,(H,24,25);2-4,10-11H,5-9H2,1H3. The van der Waals surface area contributed by atoms with Gasteiger partial charge in [0.1, 0.15) is 11.6 Å². The zero-order valence-corrected chi connectivity index (χ0v) is 31.6. The fourth-order valence-corrected chi connectivity index (χ4v) is 8.29. The molecule has 2 aliphatic heterocycles. The van der Waals surface area contributed by atoms with Gasteiger partial charge in [-0.05, 0) is 48.9 Å². The van der Waals surface area contributed by atoms with Gasteiger partial charge in [-0.15, -0.1) is 22.7 Å². The van der Waals surface area contributed by atoms with Gasteiger partial charge in [-0.3, -0.25) is 23.6 Å². The molecule has 0 bridgehead atoms. The second kappa shape index (κ2) is 16.5. The number of nitrogens with zero attached hydrogens (tertiary/aromatic N) is 8. The number of methoxy groups -OCH3 is 1. The summed E-state index contributed by atoms with van der Waals surface area (Å²) in [5.74, 6) is 1.69. The Labute approximate surface area is 316 Å². The topological polar surface area (TPSA) is 107 Å². The third-order valence-electron chi connectivity index (χ3n) is 9.53. The molecule has 9 rings (SSSR count). The molecule has 2 fully saturated rings. The van der Waals surface area contributed by atoms with Crippen LogP contribution < -0.4 is 10.1 Å². The Morgan fingerprint density at radius 3 is 1.83 bits per heavy atom. The van der Waals surface area contributed by atoms with Gasteiger partial charge in [0, 0.05) is 110 Å². The Morgan fingerprint density at radius 1 is 0.717 bits per heavy atom. The predicted octanol–water partition coefficient (Wildman–Crippen LogP) is 6.51. The van der Waals surface area contributed by atoms with E-state index >= 15 is 0 Å². The normalized spacial score (nSPS) is 15.4. The molecule has 1 aromatic carbocycles. The lowest BCUT2D eigenvalue weighted by Crippen LogP contribution is -2.35. The molecule has 1 N–H and O–H groups in total. The van der Waals surface area contributed by atoms with Crippen LogP contribution in [-0.4, -0.2) is 98.3 Å². The highest BCUT2D eigenvalue weighted by Gasteiger charge is 2.18. The van der Waals surface area contributed by atoms with Crippen LogP contribution in [0.5, 0.6) is 5.75 Å². The number of nitrogens with one attached hydrogen (secondary N) is 1. The summed E-state index contributed by atoms with van der Waals surface area (Å²) in [6.07, 6.45) is 7.88. The number of aromatic nitrogens is 6. The monoisotopic (exact) mass is 749 g/mol. The molecule has 53 heavy (non-hydrogen) atoms. The van der Waals surface area contributed by atoms with Crippen LogP contribution in [0.4, 0.5) is 5.82 Å². The van der Waals surface area contributed by atoms with Crippen LogP contribution in [0.25, 0.3) is 32.4 Å². The molecule has 6 aromatic heterocycles. The third kappa shape index (κ3) is 8.28. The molecular formula is C39H43N9O3S2. The van der Waals surface area contributed by atoms with E-state index in [-0.39, 0.29) is 0 Å². The number of benzene rings is 1. The minimum Gasteiger partial charge on any atom is -0.497 e. The number of pyridine rings is 2. The number of ether oxygens (including phenoxy) is 3. The zero-order chi connectivity index (χ0) is 36.0. The average Bonchev–Trinajstić information content (AvgIpc) is 3.99. The molecule has 0 aliphatic carbocycles. The molecular weight excluding hydrogens is 707 g/mol. The van der Waals surface area contributed by atoms with Crippen LogP contribution >= 0.6 is 22.7 Å². The van der Waals surface area contributed by atoms with Crippen molar-refractivity contribution in [3.63, 3.8) is 0 Å². The van der Waals surface area contributed by atoms with E-state index in [0.717, 1.165) is 121 Å². The molecule has 0 atom stereocenters. The van der Waals surface area contributed by atoms with Gasteiger partial charge >= 0.3 is 0 Å². The van der Waals surface area contributed by atoms with Crippen molar-refractivity contribution >= 4 is 38.4 Å². The first-order valence-corrected chi connectivity index (χ1v) is 19.6. The lowest BCUT2D eigenvalue weighted by atomic mass is 10.1. The van der Waals surface area contributed by atoms with Crippen LogP contribution in [-0.2, 0) is 29.1 Å². The number of aryl methyl sites for hydroxylation is 1. The Balaban J connectivity index is 0.000000160. The first kappa shape index (κ1) is 35.3. The molecule has 12 nitrogen and oxygen atoms in total. The molecule has 2 aliphatic rings. The summed E-state index contributed by atoms with van der Waals surface area (Å²) in [5, 5.41) is 7.87. The Bertz CT molecular complexity index is 2250. The van der Waals surface area contributed by atoms with E-state index in [2.05, 4.69) is 81.3 Å². The van der Waals surface area contributed by atoms with Crippen molar-refractivity contribution in [2.75, 3.05) is 65.0 Å². The Kier molecular flexibility index (Phi) is 11.0. The molecule has 0 saturated carbocycles. The molecule has 8 heterocycles. The summed E-state index contributed by atoms with van der Waals surface area (Å²) < 4.78 is 20.5. The summed E-state index contributed by atoms with van der Waals surface area (Å²) in [7, 11) is 1.68. The Hall–Kier alpha value is -4.70. The van der Waals surface area contributed by atoms with Crippen molar-refractivity contribution in [1.29, 1.82) is 0 Å². The molecule has 274 valence electrons. The highest BCUT2D eigenvalue weighted by atomic mass is 32.1. The summed E-state index contributed by atoms with van der Waals surface area (Å²) in [5.41, 5.74) is 8.78. The van der Waals surface area contributed by atoms with E-state index in [1.165, 1.54) is 11.4 Å². The van der Waals surface area contributed by atoms with Gasteiger partial charge in [-0.25, -0.2) is 15.0 Å². The zero-order valence-electron chi connectivity index (χ0n) is 30.0. The van der Waals surface area contributed by atoms with Gasteiger partial charge in [0.05, 0.1) is 44.9 Å². The summed E-state index contributed by atoms with van der Waals surface area (Å²) in [6.45, 7) is 11.8. The number of hydrogen-bond acceptors (Lipinski definition) is 12. The molecule has 7 aromatic rings. The van der Waals surface area contributed by atoms with Crippen LogP contribution in [0.3, 0.4) is 0 Å². The van der Waals surface area contributed by atoms with Gasteiger partial charge in [0.2, 0.25) is 0 Å². The van der Waals surface area contributed by atoms with Crippen molar-refractivity contribution in [1.82, 2.24) is 38.5 Å². The summed E-state index contributed by atoms with van der Waals surface area (Å²) >= 11 is 3.38. The molecule has 0 amide bonds. The Morgan fingerprint density at radius 2 is 1.26 bits per heavy atom. The molecule has 0 radical (unpaired) electrons. The maximum absolute atomic E-state index is 5.47.